The van der Waals surface area contributed by atoms with E-state index in [-0.39, 0.29) is 18.2 Å². The van der Waals surface area contributed by atoms with Gasteiger partial charge in [-0.05, 0) is 30.2 Å². The topological polar surface area (TPSA) is 118 Å². The van der Waals surface area contributed by atoms with Crippen LogP contribution in [0.1, 0.15) is 29.2 Å². The lowest BCUT2D eigenvalue weighted by molar-refractivity contribution is 0.392. The minimum atomic E-state index is -0.678. The molecule has 9 heteroatoms. The van der Waals surface area contributed by atoms with Crippen LogP contribution in [-0.2, 0) is 13.0 Å². The van der Waals surface area contributed by atoms with Crippen LogP contribution >= 0.6 is 0 Å². The first kappa shape index (κ1) is 21.2. The van der Waals surface area contributed by atoms with E-state index in [0.29, 0.717) is 30.1 Å². The van der Waals surface area contributed by atoms with Crippen molar-refractivity contribution in [2.45, 2.75) is 25.4 Å². The average molecular weight is 436 g/mol. The summed E-state index contributed by atoms with van der Waals surface area (Å²) in [6.07, 6.45) is 0.838. The van der Waals surface area contributed by atoms with Crippen LogP contribution in [0.15, 0.2) is 63.2 Å². The third-order valence-electron chi connectivity index (χ3n) is 5.49. The maximum absolute atomic E-state index is 12.6. The highest BCUT2D eigenvalue weighted by molar-refractivity contribution is 6.03. The number of aromatic hydroxyl groups is 1. The first-order valence-corrected chi connectivity index (χ1v) is 10.2. The molecule has 0 aliphatic carbocycles. The molecule has 0 amide bonds. The van der Waals surface area contributed by atoms with Gasteiger partial charge >= 0.3 is 5.69 Å². The van der Waals surface area contributed by atoms with Crippen molar-refractivity contribution in [3.05, 3.63) is 86.1 Å². The number of benzene rings is 2. The molecular formula is C23H24N4O5. The summed E-state index contributed by atoms with van der Waals surface area (Å²) in [6, 6.07) is 14.7. The smallest absolute Gasteiger partial charge is 0.331 e. The molecule has 1 aliphatic rings. The highest BCUT2D eigenvalue weighted by Crippen LogP contribution is 2.34. The molecule has 0 spiro atoms. The van der Waals surface area contributed by atoms with Gasteiger partial charge in [-0.25, -0.2) is 4.79 Å². The van der Waals surface area contributed by atoms with Gasteiger partial charge in [-0.3, -0.25) is 14.3 Å². The number of aryl methyl sites for hydroxylation is 1. The molecule has 0 saturated carbocycles. The Kier molecular flexibility index (Phi) is 5.98. The normalized spacial score (nSPS) is 15.2. The first-order valence-electron chi connectivity index (χ1n) is 10.2. The van der Waals surface area contributed by atoms with Crippen LogP contribution in [0.4, 0.5) is 0 Å². The standard InChI is InChI=1S/C23H24N4O5/c1-31-15-8-9-19(32-2)16(12-15)17-13-18(26-25-17)20-21(28)24-23(30)27(22(20)29)11-10-14-6-4-3-5-7-14/h3-9,12,17,25,29H,10-11,13H2,1-2H3,(H,24,28,30). The minimum absolute atomic E-state index is 0.0190. The second kappa shape index (κ2) is 9.01. The number of aromatic amines is 1. The van der Waals surface area contributed by atoms with Gasteiger partial charge in [0.15, 0.2) is 0 Å². The van der Waals surface area contributed by atoms with E-state index in [2.05, 4.69) is 15.5 Å². The maximum Gasteiger partial charge on any atom is 0.331 e. The van der Waals surface area contributed by atoms with Gasteiger partial charge in [-0.15, -0.1) is 0 Å². The summed E-state index contributed by atoms with van der Waals surface area (Å²) in [5.74, 6) is 0.908. The molecule has 0 fully saturated rings. The van der Waals surface area contributed by atoms with Gasteiger partial charge < -0.3 is 20.0 Å². The summed E-state index contributed by atoms with van der Waals surface area (Å²) in [5, 5.41) is 15.1. The molecule has 3 aromatic rings. The van der Waals surface area contributed by atoms with Crippen LogP contribution < -0.4 is 26.1 Å². The van der Waals surface area contributed by atoms with E-state index in [9.17, 15) is 14.7 Å². The summed E-state index contributed by atoms with van der Waals surface area (Å²) >= 11 is 0. The number of rotatable bonds is 7. The molecule has 32 heavy (non-hydrogen) atoms. The molecule has 0 radical (unpaired) electrons. The van der Waals surface area contributed by atoms with Gasteiger partial charge in [0.25, 0.3) is 5.56 Å². The Morgan fingerprint density at radius 2 is 1.91 bits per heavy atom. The fourth-order valence-corrected chi connectivity index (χ4v) is 3.80. The largest absolute Gasteiger partial charge is 0.497 e. The van der Waals surface area contributed by atoms with Gasteiger partial charge in [-0.2, -0.15) is 5.10 Å². The summed E-state index contributed by atoms with van der Waals surface area (Å²) < 4.78 is 11.9. The summed E-state index contributed by atoms with van der Waals surface area (Å²) in [6.45, 7) is 0.215. The number of methoxy groups -OCH3 is 2. The van der Waals surface area contributed by atoms with Crippen molar-refractivity contribution in [1.29, 1.82) is 0 Å². The summed E-state index contributed by atoms with van der Waals surface area (Å²) in [7, 11) is 3.15. The second-order valence-electron chi connectivity index (χ2n) is 7.40. The Morgan fingerprint density at radius 3 is 2.62 bits per heavy atom. The van der Waals surface area contributed by atoms with E-state index >= 15 is 0 Å². The van der Waals surface area contributed by atoms with Crippen LogP contribution in [0.2, 0.25) is 0 Å². The monoisotopic (exact) mass is 436 g/mol. The van der Waals surface area contributed by atoms with Gasteiger partial charge in [-0.1, -0.05) is 30.3 Å². The van der Waals surface area contributed by atoms with E-state index in [1.807, 2.05) is 36.4 Å². The molecule has 2 aromatic carbocycles. The second-order valence-corrected chi connectivity index (χ2v) is 7.40. The fourth-order valence-electron chi connectivity index (χ4n) is 3.80. The lowest BCUT2D eigenvalue weighted by Gasteiger charge is -2.16. The molecule has 3 N–H and O–H groups in total. The third-order valence-corrected chi connectivity index (χ3v) is 5.49. The molecule has 2 heterocycles. The molecular weight excluding hydrogens is 412 g/mol. The van der Waals surface area contributed by atoms with E-state index in [0.717, 1.165) is 15.7 Å². The van der Waals surface area contributed by atoms with Crippen molar-refractivity contribution in [1.82, 2.24) is 15.0 Å². The highest BCUT2D eigenvalue weighted by atomic mass is 16.5. The summed E-state index contributed by atoms with van der Waals surface area (Å²) in [5.41, 5.74) is 3.80. The van der Waals surface area contributed by atoms with Gasteiger partial charge in [0.2, 0.25) is 5.88 Å². The van der Waals surface area contributed by atoms with Crippen LogP contribution in [-0.4, -0.2) is 34.6 Å². The molecule has 0 bridgehead atoms. The van der Waals surface area contributed by atoms with Crippen LogP contribution in [0.5, 0.6) is 17.4 Å². The van der Waals surface area contributed by atoms with E-state index in [1.165, 1.54) is 0 Å². The lowest BCUT2D eigenvalue weighted by atomic mass is 9.99. The van der Waals surface area contributed by atoms with Gasteiger partial charge in [0.1, 0.15) is 17.1 Å². The molecule has 0 saturated heterocycles. The SMILES string of the molecule is COc1ccc(OC)c(C2CC(c3c(O)n(CCc4ccccc4)c(=O)[nH]c3=O)=NN2)c1. The molecule has 1 aliphatic heterocycles. The van der Waals surface area contributed by atoms with Crippen LogP contribution in [0.3, 0.4) is 0 Å². The Morgan fingerprint density at radius 1 is 1.12 bits per heavy atom. The maximum atomic E-state index is 12.6. The Hall–Kier alpha value is -4.01. The zero-order valence-electron chi connectivity index (χ0n) is 17.8. The zero-order chi connectivity index (χ0) is 22.7. The molecule has 4 rings (SSSR count). The quantitative estimate of drug-likeness (QED) is 0.521. The van der Waals surface area contributed by atoms with Crippen molar-refractivity contribution in [2.75, 3.05) is 14.2 Å². The number of nitrogens with zero attached hydrogens (tertiary/aromatic N) is 2. The molecule has 166 valence electrons. The predicted molar refractivity (Wildman–Crippen MR) is 120 cm³/mol. The zero-order valence-corrected chi connectivity index (χ0v) is 17.8. The number of hydrazone groups is 1. The van der Waals surface area contributed by atoms with E-state index in [4.69, 9.17) is 9.47 Å². The fraction of sp³-hybridized carbons (Fsp3) is 0.261. The average Bonchev–Trinajstić information content (AvgIpc) is 3.28. The van der Waals surface area contributed by atoms with E-state index < -0.39 is 17.1 Å². The lowest BCUT2D eigenvalue weighted by Crippen LogP contribution is -2.34. The van der Waals surface area contributed by atoms with Crippen molar-refractivity contribution < 1.29 is 14.6 Å². The van der Waals surface area contributed by atoms with Crippen molar-refractivity contribution in [3.63, 3.8) is 0 Å². The third kappa shape index (κ3) is 4.09. The van der Waals surface area contributed by atoms with Crippen LogP contribution in [0.25, 0.3) is 0 Å². The van der Waals surface area contributed by atoms with E-state index in [1.54, 1.807) is 26.4 Å². The van der Waals surface area contributed by atoms with Gasteiger partial charge in [0.05, 0.1) is 26.0 Å². The molecule has 9 nitrogen and oxygen atoms in total. The number of ether oxygens (including phenoxy) is 2. The minimum Gasteiger partial charge on any atom is -0.497 e. The van der Waals surface area contributed by atoms with Crippen molar-refractivity contribution in [3.8, 4) is 17.4 Å². The predicted octanol–water partition coefficient (Wildman–Crippen LogP) is 1.94. The van der Waals surface area contributed by atoms with Crippen molar-refractivity contribution >= 4 is 5.71 Å². The summed E-state index contributed by atoms with van der Waals surface area (Å²) in [4.78, 5) is 27.2. The molecule has 1 atom stereocenters. The highest BCUT2D eigenvalue weighted by Gasteiger charge is 2.29. The number of hydrogen-bond acceptors (Lipinski definition) is 7. The Bertz CT molecular complexity index is 1260. The Labute approximate surface area is 184 Å². The number of hydrogen-bond donors (Lipinski definition) is 3. The Balaban J connectivity index is 1.62. The van der Waals surface area contributed by atoms with Crippen LogP contribution in [0, 0.1) is 0 Å². The number of H-pyrrole nitrogens is 1. The van der Waals surface area contributed by atoms with Gasteiger partial charge in [0, 0.05) is 18.5 Å². The molecule has 1 unspecified atom stereocenters. The molecule has 1 aromatic heterocycles. The number of nitrogens with one attached hydrogen (secondary N) is 2. The van der Waals surface area contributed by atoms with Crippen molar-refractivity contribution in [2.24, 2.45) is 5.10 Å². The first-order chi connectivity index (χ1) is 15.5. The number of aromatic nitrogens is 2.